The second kappa shape index (κ2) is 4.20. The van der Waals surface area contributed by atoms with Gasteiger partial charge < -0.3 is 0 Å². The molecule has 0 aromatic heterocycles. The number of ketones is 2. The van der Waals surface area contributed by atoms with E-state index in [-0.39, 0.29) is 6.42 Å². The van der Waals surface area contributed by atoms with Crippen molar-refractivity contribution in [3.63, 3.8) is 0 Å². The van der Waals surface area contributed by atoms with E-state index in [2.05, 4.69) is 6.58 Å². The summed E-state index contributed by atoms with van der Waals surface area (Å²) in [5.41, 5.74) is 0. The number of Topliss-reactive ketones (excluding diaryl/α,β-unsaturated/α-hetero) is 2. The predicted octanol–water partition coefficient (Wildman–Crippen LogP) is 1.90. The van der Waals surface area contributed by atoms with Gasteiger partial charge in [0, 0.05) is 0 Å². The smallest absolute Gasteiger partial charge is 0.299 e. The zero-order valence-electron chi connectivity index (χ0n) is 7.02. The number of carbonyl (C=O) groups excluding carboxylic acids is 2. The largest absolute Gasteiger partial charge is 0.450 e. The first-order valence-corrected chi connectivity index (χ1v) is 3.53. The lowest BCUT2D eigenvalue weighted by Crippen LogP contribution is -2.34. The molecule has 0 spiro atoms. The highest BCUT2D eigenvalue weighted by atomic mass is 19.4. The van der Waals surface area contributed by atoms with Crippen molar-refractivity contribution in [2.24, 2.45) is 5.92 Å². The van der Waals surface area contributed by atoms with E-state index in [1.807, 2.05) is 0 Å². The zero-order chi connectivity index (χ0) is 10.6. The third-order valence-electron chi connectivity index (χ3n) is 1.49. The van der Waals surface area contributed by atoms with Gasteiger partial charge in [-0.2, -0.15) is 13.2 Å². The van der Waals surface area contributed by atoms with Crippen molar-refractivity contribution >= 4 is 11.6 Å². The van der Waals surface area contributed by atoms with E-state index < -0.39 is 23.7 Å². The lowest BCUT2D eigenvalue weighted by molar-refractivity contribution is -0.176. The molecule has 0 N–H and O–H groups in total. The van der Waals surface area contributed by atoms with Crippen LogP contribution in [0, 0.1) is 5.92 Å². The third-order valence-corrected chi connectivity index (χ3v) is 1.49. The molecule has 2 nitrogen and oxygen atoms in total. The lowest BCUT2D eigenvalue weighted by Gasteiger charge is -2.12. The highest BCUT2D eigenvalue weighted by Gasteiger charge is 2.44. The fraction of sp³-hybridized carbons (Fsp3) is 0.500. The normalized spacial score (nSPS) is 13.5. The number of alkyl halides is 3. The van der Waals surface area contributed by atoms with Crippen molar-refractivity contribution in [1.82, 2.24) is 0 Å². The molecule has 0 saturated carbocycles. The monoisotopic (exact) mass is 194 g/mol. The number of rotatable bonds is 4. The van der Waals surface area contributed by atoms with E-state index in [0.717, 1.165) is 13.0 Å². The molecule has 0 aromatic rings. The van der Waals surface area contributed by atoms with Crippen molar-refractivity contribution in [3.05, 3.63) is 12.7 Å². The molecule has 0 rings (SSSR count). The average Bonchev–Trinajstić information content (AvgIpc) is 1.96. The van der Waals surface area contributed by atoms with Crippen molar-refractivity contribution in [3.8, 4) is 0 Å². The molecule has 1 unspecified atom stereocenters. The Morgan fingerprint density at radius 1 is 1.46 bits per heavy atom. The number of halogens is 3. The Bertz CT molecular complexity index is 230. The highest BCUT2D eigenvalue weighted by Crippen LogP contribution is 2.23. The maximum Gasteiger partial charge on any atom is 0.450 e. The summed E-state index contributed by atoms with van der Waals surface area (Å²) in [7, 11) is 0. The molecule has 0 saturated heterocycles. The third kappa shape index (κ3) is 3.40. The van der Waals surface area contributed by atoms with Gasteiger partial charge in [0.2, 0.25) is 5.78 Å². The van der Waals surface area contributed by atoms with Gasteiger partial charge >= 0.3 is 6.18 Å². The molecular formula is C8H9F3O2. The molecule has 5 heteroatoms. The molecule has 0 aliphatic heterocycles. The van der Waals surface area contributed by atoms with Crippen LogP contribution < -0.4 is 0 Å². The second-order valence-electron chi connectivity index (χ2n) is 2.55. The molecule has 74 valence electrons. The average molecular weight is 194 g/mol. The van der Waals surface area contributed by atoms with Crippen LogP contribution in [0.1, 0.15) is 13.3 Å². The molecule has 0 amide bonds. The minimum atomic E-state index is -4.95. The molecule has 13 heavy (non-hydrogen) atoms. The minimum Gasteiger partial charge on any atom is -0.299 e. The Kier molecular flexibility index (Phi) is 3.84. The molecule has 0 aliphatic carbocycles. The van der Waals surface area contributed by atoms with Crippen LogP contribution in [0.5, 0.6) is 0 Å². The summed E-state index contributed by atoms with van der Waals surface area (Å²) in [5, 5.41) is 0. The Hall–Kier alpha value is -1.13. The van der Waals surface area contributed by atoms with Crippen LogP contribution in [0.15, 0.2) is 12.7 Å². The van der Waals surface area contributed by atoms with Gasteiger partial charge in [-0.1, -0.05) is 6.08 Å². The molecular weight excluding hydrogens is 185 g/mol. The fourth-order valence-electron chi connectivity index (χ4n) is 0.822. The van der Waals surface area contributed by atoms with E-state index in [9.17, 15) is 22.8 Å². The van der Waals surface area contributed by atoms with Gasteiger partial charge in [0.05, 0.1) is 5.92 Å². The zero-order valence-corrected chi connectivity index (χ0v) is 7.02. The van der Waals surface area contributed by atoms with Gasteiger partial charge in [-0.25, -0.2) is 0 Å². The summed E-state index contributed by atoms with van der Waals surface area (Å²) < 4.78 is 35.5. The molecule has 0 fully saturated rings. The second-order valence-corrected chi connectivity index (χ2v) is 2.55. The number of carbonyl (C=O) groups is 2. The summed E-state index contributed by atoms with van der Waals surface area (Å²) in [6, 6.07) is 0. The molecule has 0 aromatic carbocycles. The van der Waals surface area contributed by atoms with Gasteiger partial charge in [-0.05, 0) is 13.3 Å². The molecule has 0 bridgehead atoms. The first kappa shape index (κ1) is 11.9. The minimum absolute atomic E-state index is 0.270. The standard InChI is InChI=1S/C8H9F3O2/c1-3-4-6(5(2)12)7(13)8(9,10)11/h3,6H,1,4H2,2H3. The van der Waals surface area contributed by atoms with Crippen molar-refractivity contribution in [1.29, 1.82) is 0 Å². The molecule has 1 atom stereocenters. The van der Waals surface area contributed by atoms with E-state index in [4.69, 9.17) is 0 Å². The Balaban J connectivity index is 4.66. The van der Waals surface area contributed by atoms with E-state index >= 15 is 0 Å². The number of hydrogen-bond donors (Lipinski definition) is 0. The van der Waals surface area contributed by atoms with Gasteiger partial charge in [0.25, 0.3) is 0 Å². The summed E-state index contributed by atoms with van der Waals surface area (Å²) in [6.07, 6.45) is -4.09. The first-order valence-electron chi connectivity index (χ1n) is 3.53. The Morgan fingerprint density at radius 2 is 1.92 bits per heavy atom. The van der Waals surface area contributed by atoms with Crippen LogP contribution in [0.2, 0.25) is 0 Å². The SMILES string of the molecule is C=CCC(C(C)=O)C(=O)C(F)(F)F. The van der Waals surface area contributed by atoms with Gasteiger partial charge in [-0.3, -0.25) is 9.59 Å². The Morgan fingerprint density at radius 3 is 2.15 bits per heavy atom. The summed E-state index contributed by atoms with van der Waals surface area (Å²) in [6.45, 7) is 4.13. The lowest BCUT2D eigenvalue weighted by atomic mass is 9.96. The maximum absolute atomic E-state index is 11.8. The highest BCUT2D eigenvalue weighted by molar-refractivity contribution is 6.03. The first-order chi connectivity index (χ1) is 5.80. The van der Waals surface area contributed by atoms with Crippen LogP contribution in [-0.4, -0.2) is 17.7 Å². The van der Waals surface area contributed by atoms with E-state index in [1.54, 1.807) is 0 Å². The quantitative estimate of drug-likeness (QED) is 0.506. The van der Waals surface area contributed by atoms with Gasteiger partial charge in [-0.15, -0.1) is 6.58 Å². The van der Waals surface area contributed by atoms with Crippen LogP contribution >= 0.6 is 0 Å². The summed E-state index contributed by atoms with van der Waals surface area (Å²) in [4.78, 5) is 21.3. The number of allylic oxidation sites excluding steroid dienone is 1. The topological polar surface area (TPSA) is 34.1 Å². The van der Waals surface area contributed by atoms with Gasteiger partial charge in [0.15, 0.2) is 0 Å². The van der Waals surface area contributed by atoms with Crippen molar-refractivity contribution < 1.29 is 22.8 Å². The predicted molar refractivity (Wildman–Crippen MR) is 40.0 cm³/mol. The summed E-state index contributed by atoms with van der Waals surface area (Å²) >= 11 is 0. The van der Waals surface area contributed by atoms with E-state index in [1.165, 1.54) is 0 Å². The molecule has 0 heterocycles. The van der Waals surface area contributed by atoms with Crippen molar-refractivity contribution in [2.45, 2.75) is 19.5 Å². The van der Waals surface area contributed by atoms with Crippen LogP contribution in [0.25, 0.3) is 0 Å². The number of hydrogen-bond acceptors (Lipinski definition) is 2. The van der Waals surface area contributed by atoms with Gasteiger partial charge in [0.1, 0.15) is 5.78 Å². The van der Waals surface area contributed by atoms with Crippen molar-refractivity contribution in [2.75, 3.05) is 0 Å². The Labute approximate surface area is 73.4 Å². The van der Waals surface area contributed by atoms with Crippen LogP contribution in [0.4, 0.5) is 13.2 Å². The van der Waals surface area contributed by atoms with E-state index in [0.29, 0.717) is 0 Å². The van der Waals surface area contributed by atoms with Crippen LogP contribution in [-0.2, 0) is 9.59 Å². The molecule has 0 radical (unpaired) electrons. The maximum atomic E-state index is 11.8. The molecule has 0 aliphatic rings. The fourth-order valence-corrected chi connectivity index (χ4v) is 0.822. The summed E-state index contributed by atoms with van der Waals surface area (Å²) in [5.74, 6) is -4.42. The van der Waals surface area contributed by atoms with Crippen LogP contribution in [0.3, 0.4) is 0 Å².